The van der Waals surface area contributed by atoms with Gasteiger partial charge in [0, 0.05) is 12.5 Å². The van der Waals surface area contributed by atoms with Gasteiger partial charge in [-0.2, -0.15) is 0 Å². The summed E-state index contributed by atoms with van der Waals surface area (Å²) in [5.74, 6) is -0.137. The highest BCUT2D eigenvalue weighted by Crippen LogP contribution is 2.21. The van der Waals surface area contributed by atoms with Crippen LogP contribution in [-0.4, -0.2) is 17.9 Å². The first-order valence-electron chi connectivity index (χ1n) is 6.90. The smallest absolute Gasteiger partial charge is 0.253 e. The Balaban J connectivity index is 2.02. The van der Waals surface area contributed by atoms with Crippen LogP contribution >= 0.6 is 0 Å². The first-order chi connectivity index (χ1) is 9.20. The van der Waals surface area contributed by atoms with Crippen LogP contribution in [0.2, 0.25) is 0 Å². The van der Waals surface area contributed by atoms with Gasteiger partial charge in [-0.1, -0.05) is 25.5 Å². The Morgan fingerprint density at radius 1 is 1.26 bits per heavy atom. The third-order valence-electron chi connectivity index (χ3n) is 3.12. The van der Waals surface area contributed by atoms with E-state index in [0.717, 1.165) is 25.7 Å². The molecule has 102 valence electrons. The van der Waals surface area contributed by atoms with Crippen molar-refractivity contribution >= 4 is 17.5 Å². The Kier molecular flexibility index (Phi) is 4.55. The molecule has 1 saturated carbocycles. The number of hydrogen-bond acceptors (Lipinski definition) is 2. The average molecular weight is 260 g/mol. The van der Waals surface area contributed by atoms with Crippen molar-refractivity contribution in [2.45, 2.75) is 45.1 Å². The van der Waals surface area contributed by atoms with Crippen LogP contribution in [0.3, 0.4) is 0 Å². The molecule has 4 nitrogen and oxygen atoms in total. The van der Waals surface area contributed by atoms with Crippen LogP contribution < -0.4 is 10.6 Å². The lowest BCUT2D eigenvalue weighted by molar-refractivity contribution is -0.116. The van der Waals surface area contributed by atoms with Gasteiger partial charge in [-0.25, -0.2) is 0 Å². The maximum Gasteiger partial charge on any atom is 0.253 e. The molecular formula is C15H20N2O2. The largest absolute Gasteiger partial charge is 0.349 e. The SMILES string of the molecule is CCCCC(=O)Nc1ccccc1C(=O)NC1CC1. The van der Waals surface area contributed by atoms with Gasteiger partial charge in [-0.05, 0) is 31.4 Å². The number of carbonyl (C=O) groups is 2. The number of carbonyl (C=O) groups excluding carboxylic acids is 2. The summed E-state index contributed by atoms with van der Waals surface area (Å²) in [5, 5.41) is 5.76. The predicted molar refractivity (Wildman–Crippen MR) is 75.1 cm³/mol. The molecule has 1 aromatic carbocycles. The van der Waals surface area contributed by atoms with E-state index in [1.165, 1.54) is 0 Å². The van der Waals surface area contributed by atoms with Crippen molar-refractivity contribution in [3.05, 3.63) is 29.8 Å². The van der Waals surface area contributed by atoms with Crippen molar-refractivity contribution in [1.29, 1.82) is 0 Å². The van der Waals surface area contributed by atoms with Crippen molar-refractivity contribution in [3.8, 4) is 0 Å². The summed E-state index contributed by atoms with van der Waals surface area (Å²) >= 11 is 0. The van der Waals surface area contributed by atoms with Gasteiger partial charge >= 0.3 is 0 Å². The topological polar surface area (TPSA) is 58.2 Å². The minimum atomic E-state index is -0.103. The maximum absolute atomic E-state index is 12.0. The normalized spacial score (nSPS) is 13.9. The molecule has 0 aliphatic heterocycles. The molecule has 19 heavy (non-hydrogen) atoms. The fourth-order valence-corrected chi connectivity index (χ4v) is 1.83. The number of hydrogen-bond donors (Lipinski definition) is 2. The van der Waals surface area contributed by atoms with Crippen LogP contribution in [0.4, 0.5) is 5.69 Å². The van der Waals surface area contributed by atoms with E-state index >= 15 is 0 Å². The second kappa shape index (κ2) is 6.36. The molecule has 1 aliphatic rings. The van der Waals surface area contributed by atoms with Gasteiger partial charge in [-0.3, -0.25) is 9.59 Å². The molecule has 2 rings (SSSR count). The zero-order valence-electron chi connectivity index (χ0n) is 11.2. The number of rotatable bonds is 6. The zero-order chi connectivity index (χ0) is 13.7. The van der Waals surface area contributed by atoms with Gasteiger partial charge in [0.15, 0.2) is 0 Å². The Morgan fingerprint density at radius 2 is 2.00 bits per heavy atom. The Morgan fingerprint density at radius 3 is 2.68 bits per heavy atom. The van der Waals surface area contributed by atoms with E-state index in [1.807, 2.05) is 19.1 Å². The van der Waals surface area contributed by atoms with Crippen molar-refractivity contribution in [1.82, 2.24) is 5.32 Å². The molecule has 2 N–H and O–H groups in total. The minimum Gasteiger partial charge on any atom is -0.349 e. The lowest BCUT2D eigenvalue weighted by Gasteiger charge is -2.10. The summed E-state index contributed by atoms with van der Waals surface area (Å²) in [6.45, 7) is 2.05. The Bertz CT molecular complexity index is 467. The van der Waals surface area contributed by atoms with E-state index in [4.69, 9.17) is 0 Å². The van der Waals surface area contributed by atoms with Gasteiger partial charge in [0.1, 0.15) is 0 Å². The lowest BCUT2D eigenvalue weighted by atomic mass is 10.1. The molecule has 0 radical (unpaired) electrons. The quantitative estimate of drug-likeness (QED) is 0.826. The van der Waals surface area contributed by atoms with Crippen molar-refractivity contribution < 1.29 is 9.59 Å². The standard InChI is InChI=1S/C15H20N2O2/c1-2-3-8-14(18)17-13-7-5-4-6-12(13)15(19)16-11-9-10-11/h4-7,11H,2-3,8-10H2,1H3,(H,16,19)(H,17,18). The number of amides is 2. The van der Waals surface area contributed by atoms with Crippen LogP contribution in [0, 0.1) is 0 Å². The first kappa shape index (κ1) is 13.6. The minimum absolute atomic E-state index is 0.0338. The fraction of sp³-hybridized carbons (Fsp3) is 0.467. The maximum atomic E-state index is 12.0. The first-order valence-corrected chi connectivity index (χ1v) is 6.90. The highest BCUT2D eigenvalue weighted by atomic mass is 16.2. The summed E-state index contributed by atoms with van der Waals surface area (Å²) < 4.78 is 0. The summed E-state index contributed by atoms with van der Waals surface area (Å²) in [6, 6.07) is 7.46. The van der Waals surface area contributed by atoms with Gasteiger partial charge < -0.3 is 10.6 Å². The summed E-state index contributed by atoms with van der Waals surface area (Å²) in [5.41, 5.74) is 1.14. The molecule has 0 heterocycles. The van der Waals surface area contributed by atoms with Crippen LogP contribution in [0.5, 0.6) is 0 Å². The summed E-state index contributed by atoms with van der Waals surface area (Å²) in [7, 11) is 0. The van der Waals surface area contributed by atoms with E-state index in [9.17, 15) is 9.59 Å². The van der Waals surface area contributed by atoms with Crippen LogP contribution in [0.15, 0.2) is 24.3 Å². The molecule has 0 saturated heterocycles. The molecule has 0 aromatic heterocycles. The third-order valence-corrected chi connectivity index (χ3v) is 3.12. The van der Waals surface area contributed by atoms with Crippen molar-refractivity contribution in [3.63, 3.8) is 0 Å². The van der Waals surface area contributed by atoms with E-state index in [1.54, 1.807) is 12.1 Å². The van der Waals surface area contributed by atoms with Crippen LogP contribution in [-0.2, 0) is 4.79 Å². The monoisotopic (exact) mass is 260 g/mol. The highest BCUT2D eigenvalue weighted by molar-refractivity contribution is 6.03. The second-order valence-corrected chi connectivity index (χ2v) is 4.95. The van der Waals surface area contributed by atoms with Gasteiger partial charge in [0.05, 0.1) is 11.3 Å². The average Bonchev–Trinajstić information content (AvgIpc) is 3.21. The third kappa shape index (κ3) is 4.09. The number of nitrogens with one attached hydrogen (secondary N) is 2. The fourth-order valence-electron chi connectivity index (χ4n) is 1.83. The number of benzene rings is 1. The van der Waals surface area contributed by atoms with Gasteiger partial charge in [-0.15, -0.1) is 0 Å². The lowest BCUT2D eigenvalue weighted by Crippen LogP contribution is -2.26. The molecular weight excluding hydrogens is 240 g/mol. The molecule has 0 unspecified atom stereocenters. The van der Waals surface area contributed by atoms with Gasteiger partial charge in [0.2, 0.25) is 5.91 Å². The van der Waals surface area contributed by atoms with Crippen molar-refractivity contribution in [2.75, 3.05) is 5.32 Å². The molecule has 0 atom stereocenters. The number of para-hydroxylation sites is 1. The van der Waals surface area contributed by atoms with E-state index in [2.05, 4.69) is 10.6 Å². The Hall–Kier alpha value is -1.84. The molecule has 1 aromatic rings. The predicted octanol–water partition coefficient (Wildman–Crippen LogP) is 2.71. The van der Waals surface area contributed by atoms with E-state index < -0.39 is 0 Å². The van der Waals surface area contributed by atoms with Crippen molar-refractivity contribution in [2.24, 2.45) is 0 Å². The molecule has 1 aliphatic carbocycles. The molecule has 1 fully saturated rings. The summed E-state index contributed by atoms with van der Waals surface area (Å²) in [4.78, 5) is 23.8. The second-order valence-electron chi connectivity index (χ2n) is 4.95. The Labute approximate surface area is 113 Å². The van der Waals surface area contributed by atoms with E-state index in [0.29, 0.717) is 23.7 Å². The van der Waals surface area contributed by atoms with Crippen LogP contribution in [0.25, 0.3) is 0 Å². The van der Waals surface area contributed by atoms with Gasteiger partial charge in [0.25, 0.3) is 5.91 Å². The molecule has 2 amide bonds. The molecule has 4 heteroatoms. The highest BCUT2D eigenvalue weighted by Gasteiger charge is 2.24. The van der Waals surface area contributed by atoms with E-state index in [-0.39, 0.29) is 11.8 Å². The molecule has 0 spiro atoms. The number of anilines is 1. The molecule has 0 bridgehead atoms. The van der Waals surface area contributed by atoms with Crippen LogP contribution in [0.1, 0.15) is 49.4 Å². The summed E-state index contributed by atoms with van der Waals surface area (Å²) in [6.07, 6.45) is 4.45. The number of unbranched alkanes of at least 4 members (excludes halogenated alkanes) is 1. The zero-order valence-corrected chi connectivity index (χ0v) is 11.2.